The maximum Gasteiger partial charge on any atom is 0.290 e. The van der Waals surface area contributed by atoms with Gasteiger partial charge in [0.15, 0.2) is 0 Å². The minimum atomic E-state index is -0.175. The third kappa shape index (κ3) is 3.18. The van der Waals surface area contributed by atoms with Crippen LogP contribution >= 0.6 is 0 Å². The van der Waals surface area contributed by atoms with Crippen molar-refractivity contribution >= 4 is 5.91 Å². The Hall–Kier alpha value is -2.96. The zero-order chi connectivity index (χ0) is 20.8. The van der Waals surface area contributed by atoms with Gasteiger partial charge in [-0.1, -0.05) is 65.8 Å². The Bertz CT molecular complexity index is 1070. The van der Waals surface area contributed by atoms with Crippen molar-refractivity contribution in [2.45, 2.75) is 11.5 Å². The van der Waals surface area contributed by atoms with Gasteiger partial charge in [0.05, 0.1) is 0 Å². The van der Waals surface area contributed by atoms with Crippen LogP contribution in [0.2, 0.25) is 0 Å². The molecule has 4 fully saturated rings. The van der Waals surface area contributed by atoms with E-state index in [1.165, 1.54) is 5.56 Å². The van der Waals surface area contributed by atoms with E-state index in [2.05, 4.69) is 50.6 Å². The van der Waals surface area contributed by atoms with Crippen molar-refractivity contribution < 1.29 is 9.32 Å². The van der Waals surface area contributed by atoms with Crippen LogP contribution in [0.1, 0.15) is 16.1 Å². The molecular weight excluding hydrogens is 388 g/mol. The molecule has 1 amide bonds. The Morgan fingerprint density at radius 3 is 2.29 bits per heavy atom. The molecule has 158 valence electrons. The minimum absolute atomic E-state index is 0.0678. The van der Waals surface area contributed by atoms with Gasteiger partial charge < -0.3 is 19.6 Å². The van der Waals surface area contributed by atoms with Gasteiger partial charge in [0.2, 0.25) is 5.76 Å². The summed E-state index contributed by atoms with van der Waals surface area (Å²) in [5.74, 6) is 0.492. The van der Waals surface area contributed by atoms with Crippen LogP contribution in [0.25, 0.3) is 11.3 Å². The molecule has 2 unspecified atom stereocenters. The monoisotopic (exact) mass is 414 g/mol. The van der Waals surface area contributed by atoms with E-state index in [1.54, 1.807) is 6.07 Å². The van der Waals surface area contributed by atoms with Crippen molar-refractivity contribution in [1.29, 1.82) is 0 Å². The summed E-state index contributed by atoms with van der Waals surface area (Å²) in [6, 6.07) is 22.3. The highest BCUT2D eigenvalue weighted by Gasteiger charge is 2.55. The standard InChI is InChI=1S/C25H26N4O2/c30-24(22-13-21(27-31-22)18-7-3-1-4-8-18)26-23-19-14-28-11-12-29(15-19)17-25(23,16-28)20-9-5-2-6-10-20/h1-10,13,19,23H,11-12,14-17H2,(H,26,30)/t19?,23-,25?/m0/s1. The molecule has 4 saturated heterocycles. The van der Waals surface area contributed by atoms with Gasteiger partial charge in [0, 0.05) is 68.3 Å². The fourth-order valence-corrected chi connectivity index (χ4v) is 5.91. The SMILES string of the molecule is O=C(N[C@H]1C2CN3CCN(C2)CC1(c1ccccc1)C3)c1cc(-c2ccccc2)no1. The van der Waals surface area contributed by atoms with Crippen LogP contribution in [0.15, 0.2) is 71.3 Å². The van der Waals surface area contributed by atoms with Gasteiger partial charge in [-0.15, -0.1) is 0 Å². The first-order valence-electron chi connectivity index (χ1n) is 11.0. The lowest BCUT2D eigenvalue weighted by Gasteiger charge is -2.55. The van der Waals surface area contributed by atoms with Gasteiger partial charge in [-0.3, -0.25) is 4.79 Å². The number of amides is 1. The number of piperidine rings is 2. The van der Waals surface area contributed by atoms with Crippen molar-refractivity contribution in [2.75, 3.05) is 39.3 Å². The van der Waals surface area contributed by atoms with E-state index < -0.39 is 0 Å². The first-order valence-corrected chi connectivity index (χ1v) is 11.0. The zero-order valence-electron chi connectivity index (χ0n) is 17.4. The molecule has 4 aliphatic rings. The topological polar surface area (TPSA) is 61.6 Å². The van der Waals surface area contributed by atoms with Gasteiger partial charge in [0.1, 0.15) is 5.69 Å². The number of aromatic nitrogens is 1. The second kappa shape index (κ2) is 7.32. The average Bonchev–Trinajstić information content (AvgIpc) is 3.17. The zero-order valence-corrected chi connectivity index (χ0v) is 17.4. The lowest BCUT2D eigenvalue weighted by Crippen LogP contribution is -2.70. The maximum absolute atomic E-state index is 13.3. The third-order valence-corrected chi connectivity index (χ3v) is 7.23. The first-order chi connectivity index (χ1) is 15.2. The average molecular weight is 415 g/mol. The molecule has 31 heavy (non-hydrogen) atoms. The van der Waals surface area contributed by atoms with Crippen LogP contribution in [0.5, 0.6) is 0 Å². The summed E-state index contributed by atoms with van der Waals surface area (Å²) >= 11 is 0. The Kier molecular flexibility index (Phi) is 4.44. The largest absolute Gasteiger partial charge is 0.350 e. The molecule has 6 nitrogen and oxygen atoms in total. The van der Waals surface area contributed by atoms with E-state index in [0.717, 1.165) is 44.8 Å². The molecule has 7 rings (SSSR count). The van der Waals surface area contributed by atoms with E-state index >= 15 is 0 Å². The molecule has 3 aromatic rings. The maximum atomic E-state index is 13.3. The van der Waals surface area contributed by atoms with Gasteiger partial charge in [-0.25, -0.2) is 0 Å². The Balaban J connectivity index is 1.32. The molecule has 3 atom stereocenters. The number of nitrogens with zero attached hydrogens (tertiary/aromatic N) is 3. The molecule has 4 bridgehead atoms. The number of fused-ring (bicyclic) bond motifs is 1. The van der Waals surface area contributed by atoms with Crippen LogP contribution in [-0.2, 0) is 5.41 Å². The van der Waals surface area contributed by atoms with Gasteiger partial charge in [-0.05, 0) is 5.56 Å². The summed E-state index contributed by atoms with van der Waals surface area (Å²) in [7, 11) is 0. The Morgan fingerprint density at radius 1 is 0.968 bits per heavy atom. The molecule has 0 saturated carbocycles. The van der Waals surface area contributed by atoms with Crippen molar-refractivity contribution in [2.24, 2.45) is 5.92 Å². The molecule has 0 radical (unpaired) electrons. The fourth-order valence-electron chi connectivity index (χ4n) is 5.91. The highest BCUT2D eigenvalue weighted by molar-refractivity contribution is 5.92. The lowest BCUT2D eigenvalue weighted by atomic mass is 9.64. The Labute approximate surface area is 181 Å². The van der Waals surface area contributed by atoms with Gasteiger partial charge >= 0.3 is 0 Å². The van der Waals surface area contributed by atoms with Crippen molar-refractivity contribution in [3.8, 4) is 11.3 Å². The number of carbonyl (C=O) groups is 1. The van der Waals surface area contributed by atoms with E-state index in [9.17, 15) is 4.79 Å². The van der Waals surface area contributed by atoms with Gasteiger partial charge in [0.25, 0.3) is 5.91 Å². The highest BCUT2D eigenvalue weighted by atomic mass is 16.5. The quantitative estimate of drug-likeness (QED) is 0.711. The van der Waals surface area contributed by atoms with E-state index in [0.29, 0.717) is 11.6 Å². The second-order valence-corrected chi connectivity index (χ2v) is 9.15. The number of benzene rings is 2. The molecule has 1 N–H and O–H groups in total. The number of carbonyl (C=O) groups excluding carboxylic acids is 1. The van der Waals surface area contributed by atoms with Crippen molar-refractivity contribution in [3.05, 3.63) is 78.1 Å². The van der Waals surface area contributed by atoms with Gasteiger partial charge in [-0.2, -0.15) is 0 Å². The predicted molar refractivity (Wildman–Crippen MR) is 118 cm³/mol. The van der Waals surface area contributed by atoms with E-state index in [1.807, 2.05) is 30.3 Å². The second-order valence-electron chi connectivity index (χ2n) is 9.15. The van der Waals surface area contributed by atoms with Crippen LogP contribution in [0.3, 0.4) is 0 Å². The third-order valence-electron chi connectivity index (χ3n) is 7.23. The van der Waals surface area contributed by atoms with Crippen LogP contribution in [0.4, 0.5) is 0 Å². The summed E-state index contributed by atoms with van der Waals surface area (Å²) in [5, 5.41) is 7.51. The summed E-state index contributed by atoms with van der Waals surface area (Å²) in [5.41, 5.74) is 2.82. The van der Waals surface area contributed by atoms with Crippen molar-refractivity contribution in [3.63, 3.8) is 0 Å². The van der Waals surface area contributed by atoms with Crippen LogP contribution in [-0.4, -0.2) is 66.2 Å². The smallest absolute Gasteiger partial charge is 0.290 e. The summed E-state index contributed by atoms with van der Waals surface area (Å²) in [6.45, 7) is 6.22. The molecular formula is C25H26N4O2. The van der Waals surface area contributed by atoms with Crippen LogP contribution < -0.4 is 5.32 Å². The molecule has 0 spiro atoms. The van der Waals surface area contributed by atoms with E-state index in [4.69, 9.17) is 4.52 Å². The molecule has 0 aliphatic carbocycles. The fraction of sp³-hybridized carbons (Fsp3) is 0.360. The molecule has 2 aromatic carbocycles. The number of hydrogen-bond acceptors (Lipinski definition) is 5. The lowest BCUT2D eigenvalue weighted by molar-refractivity contribution is 0.0173. The molecule has 4 aliphatic heterocycles. The number of nitrogens with one attached hydrogen (secondary N) is 1. The van der Waals surface area contributed by atoms with Crippen LogP contribution in [0, 0.1) is 5.92 Å². The molecule has 1 aromatic heterocycles. The summed E-state index contributed by atoms with van der Waals surface area (Å²) in [6.07, 6.45) is 0. The first kappa shape index (κ1) is 18.8. The summed E-state index contributed by atoms with van der Waals surface area (Å²) < 4.78 is 5.45. The predicted octanol–water partition coefficient (Wildman–Crippen LogP) is 2.64. The minimum Gasteiger partial charge on any atom is -0.350 e. The van der Waals surface area contributed by atoms with Crippen molar-refractivity contribution in [1.82, 2.24) is 20.3 Å². The number of rotatable bonds is 4. The summed E-state index contributed by atoms with van der Waals surface area (Å²) in [4.78, 5) is 18.4. The normalized spacial score (nSPS) is 31.4. The number of hydrogen-bond donors (Lipinski definition) is 1. The molecule has 5 heterocycles. The highest BCUT2D eigenvalue weighted by Crippen LogP contribution is 2.43. The Morgan fingerprint density at radius 2 is 1.61 bits per heavy atom. The van der Waals surface area contributed by atoms with E-state index in [-0.39, 0.29) is 23.1 Å². The molecule has 6 heteroatoms.